The van der Waals surface area contributed by atoms with Crippen LogP contribution >= 0.6 is 11.6 Å². The minimum absolute atomic E-state index is 0.0958. The summed E-state index contributed by atoms with van der Waals surface area (Å²) in [7, 11) is 1.66. The second-order valence-corrected chi connectivity index (χ2v) is 5.09. The Balaban J connectivity index is 2.13. The second kappa shape index (κ2) is 6.09. The van der Waals surface area contributed by atoms with Gasteiger partial charge < -0.3 is 10.5 Å². The maximum absolute atomic E-state index is 6.24. The molecule has 19 heavy (non-hydrogen) atoms. The Morgan fingerprint density at radius 3 is 2.42 bits per heavy atom. The topological polar surface area (TPSA) is 35.2 Å². The number of nitrogens with two attached hydrogens (primary N) is 1. The molecule has 0 aliphatic heterocycles. The van der Waals surface area contributed by atoms with Crippen LogP contribution in [0.5, 0.6) is 5.75 Å². The summed E-state index contributed by atoms with van der Waals surface area (Å²) in [6, 6.07) is 13.8. The molecule has 2 N–H and O–H groups in total. The molecule has 0 aliphatic carbocycles. The molecule has 3 heteroatoms. The van der Waals surface area contributed by atoms with E-state index in [9.17, 15) is 0 Å². The van der Waals surface area contributed by atoms with E-state index in [2.05, 4.69) is 0 Å². The summed E-state index contributed by atoms with van der Waals surface area (Å²) in [4.78, 5) is 0. The number of aryl methyl sites for hydroxylation is 1. The fourth-order valence-electron chi connectivity index (χ4n) is 2.06. The number of rotatable bonds is 4. The normalized spacial score (nSPS) is 12.2. The van der Waals surface area contributed by atoms with Gasteiger partial charge in [-0.05, 0) is 48.2 Å². The molecular weight excluding hydrogens is 258 g/mol. The minimum Gasteiger partial charge on any atom is -0.497 e. The van der Waals surface area contributed by atoms with Crippen molar-refractivity contribution in [3.8, 4) is 5.75 Å². The van der Waals surface area contributed by atoms with Crippen molar-refractivity contribution in [3.05, 3.63) is 64.2 Å². The lowest BCUT2D eigenvalue weighted by Gasteiger charge is -2.14. The van der Waals surface area contributed by atoms with Crippen LogP contribution in [-0.2, 0) is 6.42 Å². The Bertz CT molecular complexity index is 551. The van der Waals surface area contributed by atoms with Gasteiger partial charge in [0.2, 0.25) is 0 Å². The first-order valence-electron chi connectivity index (χ1n) is 6.24. The van der Waals surface area contributed by atoms with Gasteiger partial charge in [-0.3, -0.25) is 0 Å². The number of hydrogen-bond acceptors (Lipinski definition) is 2. The molecule has 2 rings (SSSR count). The van der Waals surface area contributed by atoms with E-state index in [-0.39, 0.29) is 6.04 Å². The predicted octanol–water partition coefficient (Wildman–Crippen LogP) is 3.90. The van der Waals surface area contributed by atoms with Crippen molar-refractivity contribution in [1.29, 1.82) is 0 Å². The van der Waals surface area contributed by atoms with Gasteiger partial charge in [-0.1, -0.05) is 35.9 Å². The lowest BCUT2D eigenvalue weighted by molar-refractivity contribution is 0.414. The smallest absolute Gasteiger partial charge is 0.118 e. The van der Waals surface area contributed by atoms with Crippen molar-refractivity contribution in [1.82, 2.24) is 0 Å². The molecule has 0 fully saturated rings. The first-order valence-corrected chi connectivity index (χ1v) is 6.62. The van der Waals surface area contributed by atoms with Crippen LogP contribution in [0.3, 0.4) is 0 Å². The third kappa shape index (κ3) is 3.49. The number of methoxy groups -OCH3 is 1. The van der Waals surface area contributed by atoms with Crippen molar-refractivity contribution in [2.45, 2.75) is 19.4 Å². The second-order valence-electron chi connectivity index (χ2n) is 4.68. The zero-order valence-electron chi connectivity index (χ0n) is 11.2. The summed E-state index contributed by atoms with van der Waals surface area (Å²) < 4.78 is 5.14. The van der Waals surface area contributed by atoms with E-state index in [4.69, 9.17) is 22.1 Å². The van der Waals surface area contributed by atoms with Gasteiger partial charge in [-0.2, -0.15) is 0 Å². The van der Waals surface area contributed by atoms with Crippen molar-refractivity contribution >= 4 is 11.6 Å². The maximum Gasteiger partial charge on any atom is 0.118 e. The summed E-state index contributed by atoms with van der Waals surface area (Å²) in [6.45, 7) is 2.02. The molecular formula is C16H18ClNO. The van der Waals surface area contributed by atoms with E-state index in [1.54, 1.807) is 7.11 Å². The zero-order chi connectivity index (χ0) is 13.8. The number of ether oxygens (including phenoxy) is 1. The zero-order valence-corrected chi connectivity index (χ0v) is 11.9. The highest BCUT2D eigenvalue weighted by molar-refractivity contribution is 6.31. The standard InChI is InChI=1S/C16H18ClNO/c1-11-3-8-14(15(17)9-11)16(18)10-12-4-6-13(19-2)7-5-12/h3-9,16H,10,18H2,1-2H3. The summed E-state index contributed by atoms with van der Waals surface area (Å²) >= 11 is 6.24. The maximum atomic E-state index is 6.24. The molecule has 0 aliphatic rings. The monoisotopic (exact) mass is 275 g/mol. The molecule has 100 valence electrons. The van der Waals surface area contributed by atoms with Gasteiger partial charge >= 0.3 is 0 Å². The third-order valence-corrected chi connectivity index (χ3v) is 3.50. The van der Waals surface area contributed by atoms with Gasteiger partial charge in [0, 0.05) is 11.1 Å². The Hall–Kier alpha value is -1.51. The fraction of sp³-hybridized carbons (Fsp3) is 0.250. The molecule has 0 bridgehead atoms. The average Bonchev–Trinajstić information content (AvgIpc) is 2.39. The first-order chi connectivity index (χ1) is 9.10. The van der Waals surface area contributed by atoms with Crippen molar-refractivity contribution < 1.29 is 4.74 Å². The summed E-state index contributed by atoms with van der Waals surface area (Å²) in [5, 5.41) is 0.737. The van der Waals surface area contributed by atoms with Crippen LogP contribution in [0.25, 0.3) is 0 Å². The highest BCUT2D eigenvalue weighted by Crippen LogP contribution is 2.25. The van der Waals surface area contributed by atoms with Crippen LogP contribution in [0.4, 0.5) is 0 Å². The highest BCUT2D eigenvalue weighted by atomic mass is 35.5. The van der Waals surface area contributed by atoms with Crippen LogP contribution in [0, 0.1) is 6.92 Å². The van der Waals surface area contributed by atoms with Crippen LogP contribution in [0.1, 0.15) is 22.7 Å². The Labute approximate surface area is 119 Å². The molecule has 2 aromatic rings. The van der Waals surface area contributed by atoms with E-state index in [0.717, 1.165) is 28.3 Å². The molecule has 0 heterocycles. The highest BCUT2D eigenvalue weighted by Gasteiger charge is 2.11. The minimum atomic E-state index is -0.0958. The van der Waals surface area contributed by atoms with Gasteiger partial charge in [0.25, 0.3) is 0 Å². The SMILES string of the molecule is COc1ccc(CC(N)c2ccc(C)cc2Cl)cc1. The molecule has 0 spiro atoms. The quantitative estimate of drug-likeness (QED) is 0.918. The number of hydrogen-bond donors (Lipinski definition) is 1. The number of halogens is 1. The van der Waals surface area contributed by atoms with Gasteiger partial charge in [0.1, 0.15) is 5.75 Å². The largest absolute Gasteiger partial charge is 0.497 e. The lowest BCUT2D eigenvalue weighted by atomic mass is 9.99. The third-order valence-electron chi connectivity index (χ3n) is 3.17. The molecule has 0 aromatic heterocycles. The fourth-order valence-corrected chi connectivity index (χ4v) is 2.43. The molecule has 0 amide bonds. The Kier molecular flexibility index (Phi) is 4.46. The summed E-state index contributed by atoms with van der Waals surface area (Å²) in [5.74, 6) is 0.852. The van der Waals surface area contributed by atoms with Gasteiger partial charge in [0.05, 0.1) is 7.11 Å². The van der Waals surface area contributed by atoms with Crippen LogP contribution in [0.15, 0.2) is 42.5 Å². The van der Waals surface area contributed by atoms with Crippen molar-refractivity contribution in [2.75, 3.05) is 7.11 Å². The van der Waals surface area contributed by atoms with Gasteiger partial charge in [-0.15, -0.1) is 0 Å². The molecule has 0 radical (unpaired) electrons. The van der Waals surface area contributed by atoms with E-state index in [1.807, 2.05) is 49.4 Å². The average molecular weight is 276 g/mol. The Morgan fingerprint density at radius 1 is 1.16 bits per heavy atom. The van der Waals surface area contributed by atoms with E-state index in [0.29, 0.717) is 0 Å². The lowest BCUT2D eigenvalue weighted by Crippen LogP contribution is -2.13. The first kappa shape index (κ1) is 13.9. The van der Waals surface area contributed by atoms with Crippen molar-refractivity contribution in [2.24, 2.45) is 5.73 Å². The molecule has 2 aromatic carbocycles. The molecule has 0 saturated carbocycles. The van der Waals surface area contributed by atoms with Gasteiger partial charge in [-0.25, -0.2) is 0 Å². The molecule has 1 unspecified atom stereocenters. The number of benzene rings is 2. The van der Waals surface area contributed by atoms with Crippen LogP contribution in [0.2, 0.25) is 5.02 Å². The molecule has 2 nitrogen and oxygen atoms in total. The van der Waals surface area contributed by atoms with Crippen molar-refractivity contribution in [3.63, 3.8) is 0 Å². The van der Waals surface area contributed by atoms with E-state index in [1.165, 1.54) is 5.56 Å². The summed E-state index contributed by atoms with van der Waals surface area (Å²) in [5.41, 5.74) is 9.54. The van der Waals surface area contributed by atoms with Crippen LogP contribution < -0.4 is 10.5 Å². The summed E-state index contributed by atoms with van der Waals surface area (Å²) in [6.07, 6.45) is 0.757. The predicted molar refractivity (Wildman–Crippen MR) is 79.8 cm³/mol. The Morgan fingerprint density at radius 2 is 1.84 bits per heavy atom. The van der Waals surface area contributed by atoms with Crippen LogP contribution in [-0.4, -0.2) is 7.11 Å². The molecule has 0 saturated heterocycles. The van der Waals surface area contributed by atoms with Gasteiger partial charge in [0.15, 0.2) is 0 Å². The van der Waals surface area contributed by atoms with E-state index >= 15 is 0 Å². The molecule has 1 atom stereocenters. The van der Waals surface area contributed by atoms with E-state index < -0.39 is 0 Å².